The standard InChI is InChI=1S/C24H28ClN3O5/c1-24(2,3)33-23(32)16-9-10-19(25)20(11-16)27(15-22(30)31)14-21(29)26(4)28-12-17-7-5-6-8-18(17)13-28/h5-11H,12-15H2,1-4H3,(H,30,31). The molecule has 1 N–H and O–H groups in total. The van der Waals surface area contributed by atoms with Crippen molar-refractivity contribution < 1.29 is 24.2 Å². The van der Waals surface area contributed by atoms with Gasteiger partial charge in [0.05, 0.1) is 22.8 Å². The summed E-state index contributed by atoms with van der Waals surface area (Å²) in [4.78, 5) is 38.5. The maximum atomic E-state index is 13.1. The minimum absolute atomic E-state index is 0.218. The lowest BCUT2D eigenvalue weighted by Crippen LogP contribution is -2.46. The first-order valence-electron chi connectivity index (χ1n) is 10.5. The number of amides is 1. The average molecular weight is 474 g/mol. The first-order chi connectivity index (χ1) is 15.4. The van der Waals surface area contributed by atoms with Gasteiger partial charge in [0.25, 0.3) is 5.91 Å². The first-order valence-corrected chi connectivity index (χ1v) is 10.9. The predicted octanol–water partition coefficient (Wildman–Crippen LogP) is 3.58. The van der Waals surface area contributed by atoms with Crippen LogP contribution in [-0.2, 0) is 27.4 Å². The van der Waals surface area contributed by atoms with Gasteiger partial charge in [-0.2, -0.15) is 0 Å². The fraction of sp³-hybridized carbons (Fsp3) is 0.375. The molecule has 0 fully saturated rings. The highest BCUT2D eigenvalue weighted by Gasteiger charge is 2.27. The normalized spacial score (nSPS) is 13.4. The van der Waals surface area contributed by atoms with E-state index >= 15 is 0 Å². The van der Waals surface area contributed by atoms with Gasteiger partial charge in [-0.05, 0) is 50.1 Å². The summed E-state index contributed by atoms with van der Waals surface area (Å²) >= 11 is 6.34. The van der Waals surface area contributed by atoms with Crippen LogP contribution >= 0.6 is 11.6 Å². The quantitative estimate of drug-likeness (QED) is 0.614. The Morgan fingerprint density at radius 1 is 1.06 bits per heavy atom. The number of aliphatic carboxylic acids is 1. The van der Waals surface area contributed by atoms with Crippen LogP contribution in [0.15, 0.2) is 42.5 Å². The van der Waals surface area contributed by atoms with Crippen LogP contribution in [0.3, 0.4) is 0 Å². The molecule has 1 heterocycles. The molecular formula is C24H28ClN3O5. The largest absolute Gasteiger partial charge is 0.480 e. The molecule has 0 saturated heterocycles. The number of carbonyl (C=O) groups excluding carboxylic acids is 2. The Kier molecular flexibility index (Phi) is 7.29. The van der Waals surface area contributed by atoms with Crippen molar-refractivity contribution in [1.29, 1.82) is 0 Å². The number of carboxylic acid groups (broad SMARTS) is 1. The van der Waals surface area contributed by atoms with Crippen molar-refractivity contribution in [1.82, 2.24) is 10.0 Å². The number of carboxylic acids is 1. The number of hydrogen-bond donors (Lipinski definition) is 1. The highest BCUT2D eigenvalue weighted by molar-refractivity contribution is 6.33. The van der Waals surface area contributed by atoms with Crippen molar-refractivity contribution in [3.8, 4) is 0 Å². The van der Waals surface area contributed by atoms with Crippen LogP contribution in [0.5, 0.6) is 0 Å². The zero-order chi connectivity index (χ0) is 24.3. The molecule has 176 valence electrons. The summed E-state index contributed by atoms with van der Waals surface area (Å²) in [5.74, 6) is -1.99. The number of ether oxygens (including phenoxy) is 1. The highest BCUT2D eigenvalue weighted by atomic mass is 35.5. The summed E-state index contributed by atoms with van der Waals surface area (Å²) in [6.45, 7) is 5.75. The lowest BCUT2D eigenvalue weighted by atomic mass is 10.1. The van der Waals surface area contributed by atoms with Crippen LogP contribution in [0.1, 0.15) is 42.3 Å². The van der Waals surface area contributed by atoms with Crippen molar-refractivity contribution in [2.24, 2.45) is 0 Å². The molecule has 0 bridgehead atoms. The number of esters is 1. The minimum Gasteiger partial charge on any atom is -0.480 e. The Morgan fingerprint density at radius 2 is 1.67 bits per heavy atom. The smallest absolute Gasteiger partial charge is 0.338 e. The molecule has 2 aromatic rings. The Morgan fingerprint density at radius 3 is 2.21 bits per heavy atom. The van der Waals surface area contributed by atoms with E-state index in [-0.39, 0.29) is 28.7 Å². The molecule has 0 radical (unpaired) electrons. The van der Waals surface area contributed by atoms with Crippen molar-refractivity contribution in [3.63, 3.8) is 0 Å². The van der Waals surface area contributed by atoms with E-state index in [1.807, 2.05) is 29.3 Å². The summed E-state index contributed by atoms with van der Waals surface area (Å²) in [5.41, 5.74) is 2.09. The van der Waals surface area contributed by atoms with Crippen LogP contribution in [0.4, 0.5) is 5.69 Å². The molecule has 0 unspecified atom stereocenters. The van der Waals surface area contributed by atoms with E-state index in [2.05, 4.69) is 0 Å². The second-order valence-electron chi connectivity index (χ2n) is 8.93. The molecule has 33 heavy (non-hydrogen) atoms. The van der Waals surface area contributed by atoms with Crippen molar-refractivity contribution in [3.05, 3.63) is 64.2 Å². The summed E-state index contributed by atoms with van der Waals surface area (Å²) in [6, 6.07) is 12.4. The number of fused-ring (bicyclic) bond motifs is 1. The van der Waals surface area contributed by atoms with E-state index < -0.39 is 24.1 Å². The van der Waals surface area contributed by atoms with Crippen LogP contribution in [0.2, 0.25) is 5.02 Å². The topological polar surface area (TPSA) is 90.4 Å². The fourth-order valence-corrected chi connectivity index (χ4v) is 3.80. The molecule has 2 aromatic carbocycles. The number of rotatable bonds is 7. The maximum absolute atomic E-state index is 13.1. The van der Waals surface area contributed by atoms with Gasteiger partial charge in [-0.25, -0.2) is 9.80 Å². The van der Waals surface area contributed by atoms with E-state index in [9.17, 15) is 19.5 Å². The molecular weight excluding hydrogens is 446 g/mol. The van der Waals surface area contributed by atoms with Crippen LogP contribution in [0, 0.1) is 0 Å². The van der Waals surface area contributed by atoms with Gasteiger partial charge >= 0.3 is 11.9 Å². The molecule has 1 aliphatic heterocycles. The Hall–Kier alpha value is -3.10. The lowest BCUT2D eigenvalue weighted by molar-refractivity contribution is -0.145. The Labute approximate surface area is 198 Å². The number of benzene rings is 2. The van der Waals surface area contributed by atoms with Crippen molar-refractivity contribution in [2.75, 3.05) is 25.0 Å². The summed E-state index contributed by atoms with van der Waals surface area (Å²) in [5, 5.41) is 13.1. The number of likely N-dealkylation sites (N-methyl/N-ethyl adjacent to an activating group) is 1. The zero-order valence-electron chi connectivity index (χ0n) is 19.2. The third-order valence-electron chi connectivity index (χ3n) is 5.18. The maximum Gasteiger partial charge on any atom is 0.338 e. The molecule has 0 spiro atoms. The van der Waals surface area contributed by atoms with Crippen LogP contribution in [0.25, 0.3) is 0 Å². The zero-order valence-corrected chi connectivity index (χ0v) is 19.9. The molecule has 1 aliphatic rings. The van der Waals surface area contributed by atoms with Crippen molar-refractivity contribution >= 4 is 35.1 Å². The molecule has 0 saturated carbocycles. The van der Waals surface area contributed by atoms with E-state index in [0.717, 1.165) is 11.1 Å². The monoisotopic (exact) mass is 473 g/mol. The van der Waals surface area contributed by atoms with Gasteiger partial charge in [-0.15, -0.1) is 0 Å². The Bertz CT molecular complexity index is 1040. The number of hydrazine groups is 1. The number of carbonyl (C=O) groups is 3. The third kappa shape index (κ3) is 6.24. The molecule has 0 aliphatic carbocycles. The molecule has 8 nitrogen and oxygen atoms in total. The number of hydrogen-bond acceptors (Lipinski definition) is 6. The summed E-state index contributed by atoms with van der Waals surface area (Å²) in [6.07, 6.45) is 0. The number of nitrogens with zero attached hydrogens (tertiary/aromatic N) is 3. The third-order valence-corrected chi connectivity index (χ3v) is 5.50. The van der Waals surface area contributed by atoms with Gasteiger partial charge in [-0.3, -0.25) is 14.6 Å². The predicted molar refractivity (Wildman–Crippen MR) is 125 cm³/mol. The van der Waals surface area contributed by atoms with E-state index in [4.69, 9.17) is 16.3 Å². The summed E-state index contributed by atoms with van der Waals surface area (Å²) < 4.78 is 5.40. The second-order valence-corrected chi connectivity index (χ2v) is 9.33. The van der Waals surface area contributed by atoms with E-state index in [0.29, 0.717) is 13.1 Å². The van der Waals surface area contributed by atoms with Gasteiger partial charge in [0, 0.05) is 20.1 Å². The van der Waals surface area contributed by atoms with Gasteiger partial charge in [0.2, 0.25) is 0 Å². The number of halogens is 1. The summed E-state index contributed by atoms with van der Waals surface area (Å²) in [7, 11) is 1.66. The molecule has 0 aromatic heterocycles. The van der Waals surface area contributed by atoms with E-state index in [1.165, 1.54) is 28.1 Å². The second kappa shape index (κ2) is 9.80. The SMILES string of the molecule is CN(C(=O)CN(CC(=O)O)c1cc(C(=O)OC(C)(C)C)ccc1Cl)N1Cc2ccccc2C1. The van der Waals surface area contributed by atoms with Crippen LogP contribution < -0.4 is 4.90 Å². The average Bonchev–Trinajstić information content (AvgIpc) is 3.15. The molecule has 9 heteroatoms. The highest BCUT2D eigenvalue weighted by Crippen LogP contribution is 2.29. The van der Waals surface area contributed by atoms with Crippen molar-refractivity contribution in [2.45, 2.75) is 39.5 Å². The molecule has 0 atom stereocenters. The molecule has 3 rings (SSSR count). The van der Waals surface area contributed by atoms with E-state index in [1.54, 1.807) is 27.8 Å². The van der Waals surface area contributed by atoms with Crippen LogP contribution in [-0.4, -0.2) is 58.7 Å². The Balaban J connectivity index is 1.80. The van der Waals surface area contributed by atoms with Gasteiger partial charge < -0.3 is 14.7 Å². The first kappa shape index (κ1) is 24.5. The fourth-order valence-electron chi connectivity index (χ4n) is 3.56. The van der Waals surface area contributed by atoms with Gasteiger partial charge in [0.15, 0.2) is 0 Å². The van der Waals surface area contributed by atoms with Gasteiger partial charge in [-0.1, -0.05) is 35.9 Å². The molecule has 1 amide bonds. The van der Waals surface area contributed by atoms with Gasteiger partial charge in [0.1, 0.15) is 12.1 Å². The minimum atomic E-state index is -1.13. The number of anilines is 1. The lowest BCUT2D eigenvalue weighted by Gasteiger charge is -2.31.